The van der Waals surface area contributed by atoms with Crippen molar-refractivity contribution in [3.63, 3.8) is 0 Å². The number of nitrogens with two attached hydrogens (primary N) is 1. The zero-order chi connectivity index (χ0) is 11.4. The molecule has 0 saturated carbocycles. The first kappa shape index (κ1) is 11.8. The minimum Gasteiger partial charge on any atom is -0.464 e. The van der Waals surface area contributed by atoms with Crippen LogP contribution in [0.25, 0.3) is 0 Å². The summed E-state index contributed by atoms with van der Waals surface area (Å²) in [5.74, 6) is -0.301. The second kappa shape index (κ2) is 4.98. The highest BCUT2D eigenvalue weighted by Gasteiger charge is 2.12. The molecule has 0 bridgehead atoms. The Kier molecular flexibility index (Phi) is 3.91. The maximum absolute atomic E-state index is 11.3. The summed E-state index contributed by atoms with van der Waals surface area (Å²) in [4.78, 5) is 11.3. The zero-order valence-corrected chi connectivity index (χ0v) is 9.49. The number of hydrogen-bond acceptors (Lipinski definition) is 3. The lowest BCUT2D eigenvalue weighted by Crippen LogP contribution is -2.16. The van der Waals surface area contributed by atoms with Crippen molar-refractivity contribution in [2.45, 2.75) is 25.8 Å². The normalized spacial score (nSPS) is 12.5. The van der Waals surface area contributed by atoms with Crippen molar-refractivity contribution in [2.75, 3.05) is 7.11 Å². The quantitative estimate of drug-likeness (QED) is 0.757. The number of carbonyl (C=O) groups excluding carboxylic acids is 1. The van der Waals surface area contributed by atoms with Crippen LogP contribution >= 0.6 is 0 Å². The Morgan fingerprint density at radius 3 is 2.80 bits per heavy atom. The SMILES string of the molecule is COC(=O)c1ccc(CC[C@H](C)N)n1C. The van der Waals surface area contributed by atoms with E-state index < -0.39 is 0 Å². The molecule has 1 heterocycles. The van der Waals surface area contributed by atoms with Gasteiger partial charge in [-0.15, -0.1) is 0 Å². The fourth-order valence-electron chi connectivity index (χ4n) is 1.49. The summed E-state index contributed by atoms with van der Waals surface area (Å²) < 4.78 is 6.53. The number of rotatable bonds is 4. The van der Waals surface area contributed by atoms with Crippen molar-refractivity contribution in [3.8, 4) is 0 Å². The highest BCUT2D eigenvalue weighted by molar-refractivity contribution is 5.87. The molecular formula is C11H18N2O2. The van der Waals surface area contributed by atoms with Gasteiger partial charge >= 0.3 is 5.97 Å². The fourth-order valence-corrected chi connectivity index (χ4v) is 1.49. The van der Waals surface area contributed by atoms with Gasteiger partial charge in [0.15, 0.2) is 0 Å². The molecule has 1 atom stereocenters. The Hall–Kier alpha value is -1.29. The summed E-state index contributed by atoms with van der Waals surface area (Å²) in [6.45, 7) is 1.98. The van der Waals surface area contributed by atoms with Gasteiger partial charge in [0.05, 0.1) is 7.11 Å². The molecule has 0 saturated heterocycles. The van der Waals surface area contributed by atoms with E-state index in [1.807, 2.05) is 24.6 Å². The summed E-state index contributed by atoms with van der Waals surface area (Å²) in [6, 6.07) is 3.90. The van der Waals surface area contributed by atoms with Gasteiger partial charge in [-0.1, -0.05) is 0 Å². The van der Waals surface area contributed by atoms with Crippen LogP contribution in [0, 0.1) is 0 Å². The molecule has 2 N–H and O–H groups in total. The van der Waals surface area contributed by atoms with E-state index in [2.05, 4.69) is 4.74 Å². The molecule has 0 aromatic carbocycles. The van der Waals surface area contributed by atoms with Crippen molar-refractivity contribution in [3.05, 3.63) is 23.5 Å². The first-order chi connectivity index (χ1) is 7.06. The van der Waals surface area contributed by atoms with Crippen LogP contribution < -0.4 is 5.73 Å². The summed E-state index contributed by atoms with van der Waals surface area (Å²) in [5.41, 5.74) is 7.37. The zero-order valence-electron chi connectivity index (χ0n) is 9.49. The van der Waals surface area contributed by atoms with Crippen molar-refractivity contribution in [2.24, 2.45) is 12.8 Å². The van der Waals surface area contributed by atoms with Gasteiger partial charge in [0, 0.05) is 18.8 Å². The summed E-state index contributed by atoms with van der Waals surface area (Å²) in [7, 11) is 3.25. The third-order valence-corrected chi connectivity index (χ3v) is 2.48. The minimum absolute atomic E-state index is 0.182. The third kappa shape index (κ3) is 2.83. The smallest absolute Gasteiger partial charge is 0.354 e. The van der Waals surface area contributed by atoms with Crippen LogP contribution in [0.3, 0.4) is 0 Å². The highest BCUT2D eigenvalue weighted by Crippen LogP contribution is 2.11. The van der Waals surface area contributed by atoms with Crippen LogP contribution in [0.2, 0.25) is 0 Å². The molecule has 84 valence electrons. The van der Waals surface area contributed by atoms with Crippen molar-refractivity contribution in [1.29, 1.82) is 0 Å². The standard InChI is InChI=1S/C11H18N2O2/c1-8(12)4-5-9-6-7-10(13(9)2)11(14)15-3/h6-8H,4-5,12H2,1-3H3/t8-/m0/s1. The van der Waals surface area contributed by atoms with Crippen LogP contribution in [-0.4, -0.2) is 23.7 Å². The number of nitrogens with zero attached hydrogens (tertiary/aromatic N) is 1. The molecular weight excluding hydrogens is 192 g/mol. The van der Waals surface area contributed by atoms with Crippen molar-refractivity contribution in [1.82, 2.24) is 4.57 Å². The van der Waals surface area contributed by atoms with Gasteiger partial charge in [0.25, 0.3) is 0 Å². The predicted octanol–water partition coefficient (Wildman–Crippen LogP) is 1.09. The lowest BCUT2D eigenvalue weighted by Gasteiger charge is -2.07. The van der Waals surface area contributed by atoms with Crippen molar-refractivity contribution < 1.29 is 9.53 Å². The summed E-state index contributed by atoms with van der Waals surface area (Å²) in [5, 5.41) is 0. The van der Waals surface area contributed by atoms with Gasteiger partial charge in [-0.3, -0.25) is 0 Å². The summed E-state index contributed by atoms with van der Waals surface area (Å²) >= 11 is 0. The largest absolute Gasteiger partial charge is 0.464 e. The molecule has 0 spiro atoms. The lowest BCUT2D eigenvalue weighted by molar-refractivity contribution is 0.0589. The first-order valence-corrected chi connectivity index (χ1v) is 5.04. The van der Waals surface area contributed by atoms with Gasteiger partial charge in [0.2, 0.25) is 0 Å². The van der Waals surface area contributed by atoms with E-state index in [4.69, 9.17) is 5.73 Å². The maximum atomic E-state index is 11.3. The molecule has 0 unspecified atom stereocenters. The second-order valence-electron chi connectivity index (χ2n) is 3.78. The van der Waals surface area contributed by atoms with E-state index >= 15 is 0 Å². The Bertz CT molecular complexity index is 342. The Morgan fingerprint density at radius 2 is 2.27 bits per heavy atom. The molecule has 1 aromatic heterocycles. The van der Waals surface area contributed by atoms with Gasteiger partial charge in [-0.05, 0) is 31.9 Å². The molecule has 4 heteroatoms. The average Bonchev–Trinajstić information content (AvgIpc) is 2.56. The molecule has 1 aromatic rings. The van der Waals surface area contributed by atoms with Crippen LogP contribution in [0.15, 0.2) is 12.1 Å². The molecule has 0 aliphatic heterocycles. The molecule has 0 aliphatic carbocycles. The van der Waals surface area contributed by atoms with Gasteiger partial charge in [-0.25, -0.2) is 4.79 Å². The summed E-state index contributed by atoms with van der Waals surface area (Å²) in [6.07, 6.45) is 1.80. The topological polar surface area (TPSA) is 57.2 Å². The first-order valence-electron chi connectivity index (χ1n) is 5.04. The van der Waals surface area contributed by atoms with Gasteiger partial charge in [0.1, 0.15) is 5.69 Å². The van der Waals surface area contributed by atoms with E-state index in [0.29, 0.717) is 5.69 Å². The molecule has 1 rings (SSSR count). The van der Waals surface area contributed by atoms with Crippen LogP contribution in [0.5, 0.6) is 0 Å². The predicted molar refractivity (Wildman–Crippen MR) is 58.7 cm³/mol. The Labute approximate surface area is 90.0 Å². The number of ether oxygens (including phenoxy) is 1. The van der Waals surface area contributed by atoms with E-state index in [1.54, 1.807) is 6.07 Å². The molecule has 0 aliphatic rings. The van der Waals surface area contributed by atoms with E-state index in [9.17, 15) is 4.79 Å². The van der Waals surface area contributed by atoms with E-state index in [-0.39, 0.29) is 12.0 Å². The number of methoxy groups -OCH3 is 1. The molecule has 4 nitrogen and oxygen atoms in total. The van der Waals surface area contributed by atoms with Gasteiger partial charge in [-0.2, -0.15) is 0 Å². The minimum atomic E-state index is -0.301. The number of aromatic nitrogens is 1. The Balaban J connectivity index is 2.75. The van der Waals surface area contributed by atoms with E-state index in [1.165, 1.54) is 7.11 Å². The van der Waals surface area contributed by atoms with Crippen LogP contribution in [0.1, 0.15) is 29.5 Å². The number of carbonyl (C=O) groups is 1. The Morgan fingerprint density at radius 1 is 1.60 bits per heavy atom. The maximum Gasteiger partial charge on any atom is 0.354 e. The lowest BCUT2D eigenvalue weighted by atomic mass is 10.1. The highest BCUT2D eigenvalue weighted by atomic mass is 16.5. The third-order valence-electron chi connectivity index (χ3n) is 2.48. The molecule has 15 heavy (non-hydrogen) atoms. The monoisotopic (exact) mass is 210 g/mol. The second-order valence-corrected chi connectivity index (χ2v) is 3.78. The average molecular weight is 210 g/mol. The number of hydrogen-bond donors (Lipinski definition) is 1. The number of esters is 1. The molecule has 0 fully saturated rings. The van der Waals surface area contributed by atoms with Gasteiger partial charge < -0.3 is 15.0 Å². The fraction of sp³-hybridized carbons (Fsp3) is 0.545. The van der Waals surface area contributed by atoms with Crippen LogP contribution in [0.4, 0.5) is 0 Å². The molecule has 0 amide bonds. The number of aryl methyl sites for hydroxylation is 1. The van der Waals surface area contributed by atoms with Crippen molar-refractivity contribution >= 4 is 5.97 Å². The van der Waals surface area contributed by atoms with Crippen LogP contribution in [-0.2, 0) is 18.2 Å². The van der Waals surface area contributed by atoms with E-state index in [0.717, 1.165) is 18.5 Å². The molecule has 0 radical (unpaired) electrons.